The van der Waals surface area contributed by atoms with E-state index in [2.05, 4.69) is 48.5 Å². The molecule has 0 unspecified atom stereocenters. The third-order valence-corrected chi connectivity index (χ3v) is 7.91. The molecule has 0 bridgehead atoms. The number of halogens is 1. The molecule has 3 aromatic rings. The van der Waals surface area contributed by atoms with Crippen molar-refractivity contribution in [3.8, 4) is 0 Å². The lowest BCUT2D eigenvalue weighted by molar-refractivity contribution is -0.929. The number of nitrogens with one attached hydrogen (secondary N) is 1. The number of amides is 1. The normalized spacial score (nSPS) is 14.8. The summed E-state index contributed by atoms with van der Waals surface area (Å²) in [5.74, 6) is -0.204. The van der Waals surface area contributed by atoms with Crippen molar-refractivity contribution < 1.29 is 18.1 Å². The molecule has 8 heteroatoms. The maximum atomic E-state index is 13.2. The first-order chi connectivity index (χ1) is 16.7. The topological polar surface area (TPSA) is 62.1 Å². The molecule has 1 aliphatic heterocycles. The Kier molecular flexibility index (Phi) is 7.79. The van der Waals surface area contributed by atoms with Crippen LogP contribution in [0.2, 0.25) is 5.02 Å². The summed E-state index contributed by atoms with van der Waals surface area (Å²) in [6.07, 6.45) is 1.12. The maximum absolute atomic E-state index is 13.2. The summed E-state index contributed by atoms with van der Waals surface area (Å²) >= 11 is 6.12. The summed E-state index contributed by atoms with van der Waals surface area (Å²) in [7, 11) is -3.67. The largest absolute Gasteiger partial charge is 0.330 e. The molecular formula is C27H31ClN3O3S+. The molecule has 0 spiro atoms. The van der Waals surface area contributed by atoms with Crippen LogP contribution in [0.25, 0.3) is 0 Å². The van der Waals surface area contributed by atoms with E-state index < -0.39 is 10.0 Å². The fourth-order valence-corrected chi connectivity index (χ4v) is 5.81. The van der Waals surface area contributed by atoms with Crippen molar-refractivity contribution in [3.63, 3.8) is 0 Å². The van der Waals surface area contributed by atoms with E-state index >= 15 is 0 Å². The van der Waals surface area contributed by atoms with Gasteiger partial charge in [0.05, 0.1) is 38.1 Å². The second kappa shape index (κ2) is 10.8. The van der Waals surface area contributed by atoms with Crippen LogP contribution in [0.1, 0.15) is 22.7 Å². The summed E-state index contributed by atoms with van der Waals surface area (Å²) in [5.41, 5.74) is 3.67. The molecule has 1 heterocycles. The molecule has 1 saturated heterocycles. The second-order valence-electron chi connectivity index (χ2n) is 8.99. The number of carbonyl (C=O) groups excluding carboxylic acids is 1. The maximum Gasteiger partial charge on any atom is 0.243 e. The second-order valence-corrected chi connectivity index (χ2v) is 11.3. The Balaban J connectivity index is 1.49. The van der Waals surface area contributed by atoms with E-state index in [4.69, 9.17) is 11.6 Å². The minimum atomic E-state index is -3.67. The molecular weight excluding hydrogens is 482 g/mol. The first kappa shape index (κ1) is 25.2. The van der Waals surface area contributed by atoms with Crippen molar-refractivity contribution >= 4 is 33.2 Å². The standard InChI is InChI=1S/C27H30ClN3O3S/c1-21-13-14-24(28)19-25(21)31(35(2,33)34)20-26(32)29-15-17-30(18-16-29)27(22-9-5-3-6-10-22)23-11-7-4-8-12-23/h3-14,19,27H,15-18,20H2,1-2H3/p+1. The van der Waals surface area contributed by atoms with Crippen LogP contribution in [0.4, 0.5) is 5.69 Å². The first-order valence-corrected chi connectivity index (χ1v) is 13.9. The molecule has 0 aliphatic carbocycles. The number of piperazine rings is 1. The number of anilines is 1. The van der Waals surface area contributed by atoms with Gasteiger partial charge < -0.3 is 9.80 Å². The Labute approximate surface area is 212 Å². The molecule has 3 aromatic carbocycles. The van der Waals surface area contributed by atoms with Crippen LogP contribution in [0.3, 0.4) is 0 Å². The fourth-order valence-electron chi connectivity index (χ4n) is 4.74. The van der Waals surface area contributed by atoms with Gasteiger partial charge in [-0.25, -0.2) is 8.42 Å². The minimum Gasteiger partial charge on any atom is -0.330 e. The monoisotopic (exact) mass is 512 g/mol. The number of carbonyl (C=O) groups is 1. The molecule has 184 valence electrons. The SMILES string of the molecule is Cc1ccc(Cl)cc1N(CC(=O)N1CC[NH+](C(c2ccccc2)c2ccccc2)CC1)S(C)(=O)=O. The highest BCUT2D eigenvalue weighted by molar-refractivity contribution is 7.92. The van der Waals surface area contributed by atoms with Gasteiger partial charge in [-0.15, -0.1) is 0 Å². The molecule has 4 rings (SSSR count). The number of quaternary nitrogens is 1. The highest BCUT2D eigenvalue weighted by atomic mass is 35.5. The Hall–Kier alpha value is -2.87. The van der Waals surface area contributed by atoms with E-state index in [1.807, 2.05) is 19.1 Å². The van der Waals surface area contributed by atoms with Gasteiger partial charge in [0.1, 0.15) is 12.6 Å². The summed E-state index contributed by atoms with van der Waals surface area (Å²) in [5, 5.41) is 0.428. The smallest absolute Gasteiger partial charge is 0.243 e. The van der Waals surface area contributed by atoms with Gasteiger partial charge in [0.15, 0.2) is 0 Å². The van der Waals surface area contributed by atoms with Crippen LogP contribution in [0, 0.1) is 6.92 Å². The molecule has 1 N–H and O–H groups in total. The molecule has 0 radical (unpaired) electrons. The molecule has 6 nitrogen and oxygen atoms in total. The Bertz CT molecular complexity index is 1220. The molecule has 0 atom stereocenters. The van der Waals surface area contributed by atoms with Crippen molar-refractivity contribution in [3.05, 3.63) is 101 Å². The van der Waals surface area contributed by atoms with E-state index in [-0.39, 0.29) is 18.5 Å². The van der Waals surface area contributed by atoms with Crippen molar-refractivity contribution in [2.45, 2.75) is 13.0 Å². The van der Waals surface area contributed by atoms with Crippen LogP contribution >= 0.6 is 11.6 Å². The average Bonchev–Trinajstić information content (AvgIpc) is 2.85. The number of nitrogens with zero attached hydrogens (tertiary/aromatic N) is 2. The summed E-state index contributed by atoms with van der Waals surface area (Å²) in [4.78, 5) is 16.4. The third kappa shape index (κ3) is 6.04. The zero-order valence-electron chi connectivity index (χ0n) is 20.0. The molecule has 0 aromatic heterocycles. The van der Waals surface area contributed by atoms with Crippen LogP contribution in [-0.2, 0) is 14.8 Å². The predicted molar refractivity (Wildman–Crippen MR) is 140 cm³/mol. The van der Waals surface area contributed by atoms with Crippen molar-refractivity contribution in [2.24, 2.45) is 0 Å². The Morgan fingerprint density at radius 1 is 0.971 bits per heavy atom. The van der Waals surface area contributed by atoms with Gasteiger partial charge in [0.25, 0.3) is 0 Å². The molecule has 1 fully saturated rings. The number of hydrogen-bond acceptors (Lipinski definition) is 3. The predicted octanol–water partition coefficient (Wildman–Crippen LogP) is 2.93. The quantitative estimate of drug-likeness (QED) is 0.529. The zero-order valence-corrected chi connectivity index (χ0v) is 21.6. The van der Waals surface area contributed by atoms with E-state index in [0.717, 1.165) is 29.2 Å². The lowest BCUT2D eigenvalue weighted by atomic mass is 9.96. The van der Waals surface area contributed by atoms with E-state index in [1.165, 1.54) is 16.0 Å². The van der Waals surface area contributed by atoms with Gasteiger partial charge in [-0.3, -0.25) is 9.10 Å². The molecule has 1 amide bonds. The summed E-state index contributed by atoms with van der Waals surface area (Å²) < 4.78 is 26.3. The summed E-state index contributed by atoms with van der Waals surface area (Å²) in [6.45, 7) is 4.25. The van der Waals surface area contributed by atoms with Gasteiger partial charge in [0.2, 0.25) is 15.9 Å². The van der Waals surface area contributed by atoms with E-state index in [9.17, 15) is 13.2 Å². The number of sulfonamides is 1. The molecule has 1 aliphatic rings. The number of benzene rings is 3. The Morgan fingerprint density at radius 3 is 2.03 bits per heavy atom. The number of hydrogen-bond donors (Lipinski definition) is 1. The van der Waals surface area contributed by atoms with E-state index in [1.54, 1.807) is 23.1 Å². The lowest BCUT2D eigenvalue weighted by Gasteiger charge is -2.37. The van der Waals surface area contributed by atoms with Crippen molar-refractivity contribution in [1.29, 1.82) is 0 Å². The van der Waals surface area contributed by atoms with Gasteiger partial charge in [-0.2, -0.15) is 0 Å². The Morgan fingerprint density at radius 2 is 1.51 bits per heavy atom. The summed E-state index contributed by atoms with van der Waals surface area (Å²) in [6, 6.07) is 26.1. The minimum absolute atomic E-state index is 0.177. The molecule has 35 heavy (non-hydrogen) atoms. The molecule has 0 saturated carbocycles. The fraction of sp³-hybridized carbons (Fsp3) is 0.296. The van der Waals surface area contributed by atoms with Gasteiger partial charge in [-0.05, 0) is 24.6 Å². The number of rotatable bonds is 7. The van der Waals surface area contributed by atoms with Crippen LogP contribution in [-0.4, -0.2) is 58.2 Å². The highest BCUT2D eigenvalue weighted by Gasteiger charge is 2.33. The first-order valence-electron chi connectivity index (χ1n) is 11.7. The highest BCUT2D eigenvalue weighted by Crippen LogP contribution is 2.26. The third-order valence-electron chi connectivity index (χ3n) is 6.55. The van der Waals surface area contributed by atoms with Gasteiger partial charge in [0, 0.05) is 16.1 Å². The van der Waals surface area contributed by atoms with Crippen LogP contribution < -0.4 is 9.21 Å². The average molecular weight is 513 g/mol. The van der Waals surface area contributed by atoms with Crippen molar-refractivity contribution in [2.75, 3.05) is 43.3 Å². The number of aryl methyl sites for hydroxylation is 1. The van der Waals surface area contributed by atoms with Crippen LogP contribution in [0.15, 0.2) is 78.9 Å². The lowest BCUT2D eigenvalue weighted by Crippen LogP contribution is -3.15. The van der Waals surface area contributed by atoms with Gasteiger partial charge in [-0.1, -0.05) is 78.3 Å². The van der Waals surface area contributed by atoms with Crippen LogP contribution in [0.5, 0.6) is 0 Å². The van der Waals surface area contributed by atoms with Crippen molar-refractivity contribution in [1.82, 2.24) is 4.90 Å². The zero-order chi connectivity index (χ0) is 25.0. The van der Waals surface area contributed by atoms with E-state index in [0.29, 0.717) is 23.8 Å². The van der Waals surface area contributed by atoms with Gasteiger partial charge >= 0.3 is 0 Å².